The van der Waals surface area contributed by atoms with Crippen LogP contribution in [-0.4, -0.2) is 44.8 Å². The van der Waals surface area contributed by atoms with Crippen LogP contribution >= 0.6 is 11.3 Å². The number of amides is 2. The average molecular weight is 416 g/mol. The van der Waals surface area contributed by atoms with E-state index >= 15 is 0 Å². The van der Waals surface area contributed by atoms with Crippen molar-refractivity contribution in [2.75, 3.05) is 32.2 Å². The highest BCUT2D eigenvalue weighted by atomic mass is 32.1. The molecule has 0 bridgehead atoms. The predicted octanol–water partition coefficient (Wildman–Crippen LogP) is 2.78. The second-order valence-corrected chi connectivity index (χ2v) is 8.12. The molecule has 4 rings (SSSR count). The number of para-hydroxylation sites is 2. The average Bonchev–Trinajstić information content (AvgIpc) is 3.11. The summed E-state index contributed by atoms with van der Waals surface area (Å²) in [4.78, 5) is 26.9. The fourth-order valence-electron chi connectivity index (χ4n) is 3.59. The van der Waals surface area contributed by atoms with Gasteiger partial charge in [0.15, 0.2) is 11.5 Å². The normalized spacial score (nSPS) is 17.3. The first-order valence-electron chi connectivity index (χ1n) is 9.78. The van der Waals surface area contributed by atoms with E-state index in [0.29, 0.717) is 35.2 Å². The van der Waals surface area contributed by atoms with Crippen LogP contribution in [0.2, 0.25) is 0 Å². The van der Waals surface area contributed by atoms with E-state index in [1.54, 1.807) is 19.2 Å². The Morgan fingerprint density at radius 2 is 2.00 bits per heavy atom. The molecule has 2 heterocycles. The lowest BCUT2D eigenvalue weighted by Gasteiger charge is -2.25. The molecular formula is C21H24N2O5S. The van der Waals surface area contributed by atoms with E-state index in [0.717, 1.165) is 31.2 Å². The van der Waals surface area contributed by atoms with Crippen LogP contribution in [0.25, 0.3) is 0 Å². The van der Waals surface area contributed by atoms with Crippen LogP contribution in [0.4, 0.5) is 5.00 Å². The number of hydrogen-bond donors (Lipinski definition) is 2. The van der Waals surface area contributed by atoms with Gasteiger partial charge >= 0.3 is 0 Å². The van der Waals surface area contributed by atoms with Gasteiger partial charge in [-0.25, -0.2) is 0 Å². The summed E-state index contributed by atoms with van der Waals surface area (Å²) >= 11 is 1.49. The van der Waals surface area contributed by atoms with Crippen molar-refractivity contribution in [1.29, 1.82) is 0 Å². The molecule has 1 aromatic carbocycles. The van der Waals surface area contributed by atoms with Gasteiger partial charge < -0.3 is 24.8 Å². The van der Waals surface area contributed by atoms with E-state index in [2.05, 4.69) is 10.6 Å². The van der Waals surface area contributed by atoms with Gasteiger partial charge in [0.25, 0.3) is 11.8 Å². The number of methoxy groups -OCH3 is 1. The van der Waals surface area contributed by atoms with Crippen LogP contribution < -0.4 is 20.1 Å². The summed E-state index contributed by atoms with van der Waals surface area (Å²) in [7, 11) is 1.59. The quantitative estimate of drug-likeness (QED) is 0.708. The molecule has 154 valence electrons. The highest BCUT2D eigenvalue weighted by Crippen LogP contribution is 2.38. The molecule has 0 radical (unpaired) electrons. The van der Waals surface area contributed by atoms with E-state index in [9.17, 15) is 9.59 Å². The standard InChI is InChI=1S/C21H24N2O5S/c1-26-11-10-22-20(25)18-13-6-2-5-9-17(13)29-21(18)23-19(24)16-12-27-14-7-3-4-8-15(14)28-16/h3-4,7-8,16H,2,5-6,9-12H2,1H3,(H,22,25)(H,23,24)/t16-/m1/s1. The molecule has 0 saturated carbocycles. The Kier molecular flexibility index (Phi) is 6.01. The topological polar surface area (TPSA) is 85.9 Å². The largest absolute Gasteiger partial charge is 0.485 e. The molecule has 2 aliphatic rings. The zero-order chi connectivity index (χ0) is 20.2. The van der Waals surface area contributed by atoms with Crippen molar-refractivity contribution >= 4 is 28.2 Å². The molecule has 0 spiro atoms. The van der Waals surface area contributed by atoms with Crippen LogP contribution in [0.1, 0.15) is 33.6 Å². The number of thiophene rings is 1. The lowest BCUT2D eigenvalue weighted by atomic mass is 9.95. The second-order valence-electron chi connectivity index (χ2n) is 7.02. The van der Waals surface area contributed by atoms with Gasteiger partial charge in [-0.2, -0.15) is 0 Å². The highest BCUT2D eigenvalue weighted by molar-refractivity contribution is 7.17. The molecule has 0 unspecified atom stereocenters. The Hall–Kier alpha value is -2.58. The Labute approximate surface area is 173 Å². The minimum absolute atomic E-state index is 0.128. The summed E-state index contributed by atoms with van der Waals surface area (Å²) in [6, 6.07) is 7.26. The summed E-state index contributed by atoms with van der Waals surface area (Å²) in [6.07, 6.45) is 3.16. The zero-order valence-electron chi connectivity index (χ0n) is 16.3. The maximum absolute atomic E-state index is 12.9. The number of nitrogens with one attached hydrogen (secondary N) is 2. The van der Waals surface area contributed by atoms with Gasteiger partial charge in [-0.15, -0.1) is 11.3 Å². The second kappa shape index (κ2) is 8.84. The molecule has 2 aromatic rings. The van der Waals surface area contributed by atoms with Crippen molar-refractivity contribution in [3.05, 3.63) is 40.3 Å². The monoisotopic (exact) mass is 416 g/mol. The minimum Gasteiger partial charge on any atom is -0.485 e. The van der Waals surface area contributed by atoms with Gasteiger partial charge in [0.05, 0.1) is 12.2 Å². The van der Waals surface area contributed by atoms with E-state index in [1.807, 2.05) is 12.1 Å². The van der Waals surface area contributed by atoms with Gasteiger partial charge in [0.1, 0.15) is 11.6 Å². The van der Waals surface area contributed by atoms with Gasteiger partial charge in [0.2, 0.25) is 6.10 Å². The Balaban J connectivity index is 1.52. The van der Waals surface area contributed by atoms with Crippen LogP contribution in [-0.2, 0) is 22.4 Å². The molecule has 1 aliphatic carbocycles. The smallest absolute Gasteiger partial charge is 0.269 e. The first kappa shape index (κ1) is 19.7. The van der Waals surface area contributed by atoms with Crippen LogP contribution in [0, 0.1) is 0 Å². The van der Waals surface area contributed by atoms with Crippen molar-refractivity contribution < 1.29 is 23.8 Å². The summed E-state index contributed by atoms with van der Waals surface area (Å²) in [5, 5.41) is 6.38. The lowest BCUT2D eigenvalue weighted by molar-refractivity contribution is -0.125. The van der Waals surface area contributed by atoms with E-state index in [4.69, 9.17) is 14.2 Å². The zero-order valence-corrected chi connectivity index (χ0v) is 17.1. The maximum Gasteiger partial charge on any atom is 0.269 e. The number of hydrogen-bond acceptors (Lipinski definition) is 6. The number of ether oxygens (including phenoxy) is 3. The number of rotatable bonds is 6. The molecule has 2 N–H and O–H groups in total. The van der Waals surface area contributed by atoms with E-state index < -0.39 is 6.10 Å². The fourth-order valence-corrected chi connectivity index (χ4v) is 4.88. The molecule has 1 aliphatic heterocycles. The van der Waals surface area contributed by atoms with Gasteiger partial charge in [0, 0.05) is 18.5 Å². The Bertz CT molecular complexity index is 910. The van der Waals surface area contributed by atoms with Crippen LogP contribution in [0.5, 0.6) is 11.5 Å². The number of carbonyl (C=O) groups is 2. The highest BCUT2D eigenvalue weighted by Gasteiger charge is 2.31. The van der Waals surface area contributed by atoms with E-state index in [1.165, 1.54) is 16.2 Å². The third-order valence-electron chi connectivity index (χ3n) is 5.03. The number of fused-ring (bicyclic) bond motifs is 2. The van der Waals surface area contributed by atoms with Crippen molar-refractivity contribution in [3.8, 4) is 11.5 Å². The molecule has 1 aromatic heterocycles. The summed E-state index contributed by atoms with van der Waals surface area (Å²) < 4.78 is 16.5. The summed E-state index contributed by atoms with van der Waals surface area (Å²) in [5.41, 5.74) is 1.63. The fraction of sp³-hybridized carbons (Fsp3) is 0.429. The van der Waals surface area contributed by atoms with Gasteiger partial charge in [-0.05, 0) is 43.4 Å². The Morgan fingerprint density at radius 3 is 2.83 bits per heavy atom. The third-order valence-corrected chi connectivity index (χ3v) is 6.24. The van der Waals surface area contributed by atoms with Crippen molar-refractivity contribution in [2.24, 2.45) is 0 Å². The molecule has 1 atom stereocenters. The maximum atomic E-state index is 12.9. The summed E-state index contributed by atoms with van der Waals surface area (Å²) in [6.45, 7) is 0.986. The predicted molar refractivity (Wildman–Crippen MR) is 110 cm³/mol. The minimum atomic E-state index is -0.770. The van der Waals surface area contributed by atoms with Crippen LogP contribution in [0.3, 0.4) is 0 Å². The number of benzene rings is 1. The first-order chi connectivity index (χ1) is 14.2. The number of anilines is 1. The molecule has 7 nitrogen and oxygen atoms in total. The lowest BCUT2D eigenvalue weighted by Crippen LogP contribution is -2.40. The SMILES string of the molecule is COCCNC(=O)c1c(NC(=O)[C@H]2COc3ccccc3O2)sc2c1CCCC2. The molecule has 0 fully saturated rings. The summed E-state index contributed by atoms with van der Waals surface area (Å²) in [5.74, 6) is 0.676. The molecule has 8 heteroatoms. The van der Waals surface area contributed by atoms with Gasteiger partial charge in [-0.1, -0.05) is 12.1 Å². The van der Waals surface area contributed by atoms with Crippen molar-refractivity contribution in [3.63, 3.8) is 0 Å². The van der Waals surface area contributed by atoms with Gasteiger partial charge in [-0.3, -0.25) is 9.59 Å². The number of carbonyl (C=O) groups excluding carboxylic acids is 2. The van der Waals surface area contributed by atoms with E-state index in [-0.39, 0.29) is 18.4 Å². The molecular weight excluding hydrogens is 392 g/mol. The van der Waals surface area contributed by atoms with Crippen molar-refractivity contribution in [2.45, 2.75) is 31.8 Å². The Morgan fingerprint density at radius 1 is 1.21 bits per heavy atom. The third kappa shape index (κ3) is 4.23. The first-order valence-corrected chi connectivity index (χ1v) is 10.6. The molecule has 2 amide bonds. The van der Waals surface area contributed by atoms with Crippen LogP contribution in [0.15, 0.2) is 24.3 Å². The number of aryl methyl sites for hydroxylation is 1. The molecule has 29 heavy (non-hydrogen) atoms. The van der Waals surface area contributed by atoms with Crippen molar-refractivity contribution in [1.82, 2.24) is 5.32 Å². The molecule has 0 saturated heterocycles.